The van der Waals surface area contributed by atoms with Gasteiger partial charge in [0.2, 0.25) is 0 Å². The molecule has 0 spiro atoms. The van der Waals surface area contributed by atoms with Crippen molar-refractivity contribution in [1.82, 2.24) is 0 Å². The molecule has 21 heavy (non-hydrogen) atoms. The topological polar surface area (TPSA) is 116 Å². The Kier molecular flexibility index (Phi) is 5.13. The molecule has 7 heteroatoms. The Morgan fingerprint density at radius 1 is 1.33 bits per heavy atom. The zero-order valence-electron chi connectivity index (χ0n) is 11.8. The van der Waals surface area contributed by atoms with Crippen molar-refractivity contribution < 1.29 is 34.7 Å². The first-order valence-electron chi connectivity index (χ1n) is 7.02. The molecule has 7 nitrogen and oxygen atoms in total. The van der Waals surface area contributed by atoms with Gasteiger partial charge in [-0.2, -0.15) is 0 Å². The summed E-state index contributed by atoms with van der Waals surface area (Å²) in [4.78, 5) is 11.3. The molecule has 0 saturated carbocycles. The smallest absolute Gasteiger partial charge is 0.187 e. The maximum absolute atomic E-state index is 11.3. The van der Waals surface area contributed by atoms with E-state index in [0.29, 0.717) is 6.42 Å². The van der Waals surface area contributed by atoms with E-state index in [0.717, 1.165) is 12.7 Å². The number of ether oxygens (including phenoxy) is 2. The molecule has 120 valence electrons. The molecule has 1 heterocycles. The first-order valence-corrected chi connectivity index (χ1v) is 7.02. The lowest BCUT2D eigenvalue weighted by Crippen LogP contribution is -2.60. The van der Waals surface area contributed by atoms with Crippen LogP contribution in [0.15, 0.2) is 12.2 Å². The van der Waals surface area contributed by atoms with E-state index in [1.807, 2.05) is 6.08 Å². The Bertz CT molecular complexity index is 397. The first-order chi connectivity index (χ1) is 9.92. The summed E-state index contributed by atoms with van der Waals surface area (Å²) in [7, 11) is 0. The van der Waals surface area contributed by atoms with Crippen LogP contribution in [0.3, 0.4) is 0 Å². The summed E-state index contributed by atoms with van der Waals surface area (Å²) >= 11 is 0. The van der Waals surface area contributed by atoms with Gasteiger partial charge in [0.05, 0.1) is 18.1 Å². The van der Waals surface area contributed by atoms with Crippen LogP contribution < -0.4 is 0 Å². The Morgan fingerprint density at radius 3 is 2.67 bits per heavy atom. The second kappa shape index (κ2) is 6.51. The van der Waals surface area contributed by atoms with Crippen LogP contribution in [0.5, 0.6) is 0 Å². The largest absolute Gasteiger partial charge is 0.394 e. The normalized spacial score (nSPS) is 47.3. The van der Waals surface area contributed by atoms with Crippen LogP contribution in [0.2, 0.25) is 0 Å². The number of carbonyl (C=O) groups excluding carboxylic acids is 1. The fraction of sp³-hybridized carbons (Fsp3) is 0.786. The Hall–Kier alpha value is -0.830. The quantitative estimate of drug-likeness (QED) is 0.378. The van der Waals surface area contributed by atoms with Gasteiger partial charge in [0, 0.05) is 0 Å². The van der Waals surface area contributed by atoms with Gasteiger partial charge in [-0.3, -0.25) is 0 Å². The summed E-state index contributed by atoms with van der Waals surface area (Å²) in [5.74, 6) is 0. The monoisotopic (exact) mass is 302 g/mol. The van der Waals surface area contributed by atoms with Gasteiger partial charge >= 0.3 is 0 Å². The van der Waals surface area contributed by atoms with E-state index in [9.17, 15) is 20.1 Å². The van der Waals surface area contributed by atoms with Crippen LogP contribution in [0, 0.1) is 5.41 Å². The van der Waals surface area contributed by atoms with Gasteiger partial charge in [-0.25, -0.2) is 0 Å². The van der Waals surface area contributed by atoms with Gasteiger partial charge in [-0.1, -0.05) is 19.1 Å². The van der Waals surface area contributed by atoms with E-state index in [1.165, 1.54) is 0 Å². The molecule has 4 N–H and O–H groups in total. The minimum Gasteiger partial charge on any atom is -0.394 e. The molecule has 0 aromatic heterocycles. The molecule has 1 fully saturated rings. The highest BCUT2D eigenvalue weighted by molar-refractivity contribution is 5.61. The van der Waals surface area contributed by atoms with Crippen LogP contribution in [-0.2, 0) is 14.3 Å². The van der Waals surface area contributed by atoms with Crippen molar-refractivity contribution in [1.29, 1.82) is 0 Å². The van der Waals surface area contributed by atoms with Crippen molar-refractivity contribution >= 4 is 6.29 Å². The maximum Gasteiger partial charge on any atom is 0.187 e. The standard InChI is InChI=1S/C14H22O7/c1-14(7-16)5-3-2-4-9(14)21-13-12(19)11(18)10(17)8(6-15)20-13/h2,4,7-13,15,17-19H,3,5-6H2,1H3/t8-,9-,10-,11+,12-,13+,14-/m1/s1. The third-order valence-electron chi connectivity index (χ3n) is 4.21. The van der Waals surface area contributed by atoms with Gasteiger partial charge in [0.1, 0.15) is 30.7 Å². The minimum atomic E-state index is -1.49. The maximum atomic E-state index is 11.3. The number of hydrogen-bond acceptors (Lipinski definition) is 7. The number of allylic oxidation sites excluding steroid dienone is 1. The van der Waals surface area contributed by atoms with E-state index >= 15 is 0 Å². The average Bonchev–Trinajstić information content (AvgIpc) is 2.50. The molecular weight excluding hydrogens is 280 g/mol. The zero-order chi connectivity index (χ0) is 15.6. The van der Waals surface area contributed by atoms with Crippen LogP contribution in [-0.4, -0.2) is 70.1 Å². The SMILES string of the molecule is C[C@]1(C=O)CCC=C[C@H]1O[C@@H]1O[C@H](CO)[C@@H](O)[C@H](O)[C@H]1O. The molecule has 0 amide bonds. The van der Waals surface area contributed by atoms with E-state index in [-0.39, 0.29) is 0 Å². The summed E-state index contributed by atoms with van der Waals surface area (Å²) in [6.45, 7) is 1.23. The number of rotatable bonds is 4. The highest BCUT2D eigenvalue weighted by Gasteiger charge is 2.46. The fourth-order valence-corrected chi connectivity index (χ4v) is 2.63. The van der Waals surface area contributed by atoms with E-state index in [1.54, 1.807) is 13.0 Å². The molecular formula is C14H22O7. The Morgan fingerprint density at radius 2 is 2.05 bits per heavy atom. The number of aldehydes is 1. The third-order valence-corrected chi connectivity index (χ3v) is 4.21. The van der Waals surface area contributed by atoms with E-state index in [4.69, 9.17) is 14.6 Å². The summed E-state index contributed by atoms with van der Waals surface area (Å²) in [6, 6.07) is 0. The molecule has 1 aliphatic heterocycles. The van der Waals surface area contributed by atoms with Crippen LogP contribution in [0.1, 0.15) is 19.8 Å². The van der Waals surface area contributed by atoms with Gasteiger partial charge < -0.3 is 34.7 Å². The lowest BCUT2D eigenvalue weighted by atomic mass is 9.78. The number of aliphatic hydroxyl groups is 4. The number of aliphatic hydroxyl groups excluding tert-OH is 4. The molecule has 0 bridgehead atoms. The molecule has 0 unspecified atom stereocenters. The van der Waals surface area contributed by atoms with E-state index in [2.05, 4.69) is 0 Å². The minimum absolute atomic E-state index is 0.518. The molecule has 1 aliphatic carbocycles. The predicted octanol–water partition coefficient (Wildman–Crippen LogP) is -1.27. The van der Waals surface area contributed by atoms with E-state index < -0.39 is 48.8 Å². The van der Waals surface area contributed by atoms with Crippen molar-refractivity contribution in [2.75, 3.05) is 6.61 Å². The Balaban J connectivity index is 2.12. The summed E-state index contributed by atoms with van der Waals surface area (Å²) in [5, 5.41) is 38.5. The summed E-state index contributed by atoms with van der Waals surface area (Å²) in [5.41, 5.74) is -0.743. The summed E-state index contributed by atoms with van der Waals surface area (Å²) in [6.07, 6.45) is -1.47. The molecule has 7 atom stereocenters. The van der Waals surface area contributed by atoms with Gasteiger partial charge in [0.15, 0.2) is 6.29 Å². The van der Waals surface area contributed by atoms with Gasteiger partial charge in [-0.15, -0.1) is 0 Å². The molecule has 0 aromatic rings. The highest BCUT2D eigenvalue weighted by atomic mass is 16.7. The van der Waals surface area contributed by atoms with Crippen LogP contribution >= 0.6 is 0 Å². The van der Waals surface area contributed by atoms with Crippen LogP contribution in [0.25, 0.3) is 0 Å². The fourth-order valence-electron chi connectivity index (χ4n) is 2.63. The van der Waals surface area contributed by atoms with Gasteiger partial charge in [0.25, 0.3) is 0 Å². The van der Waals surface area contributed by atoms with Gasteiger partial charge in [-0.05, 0) is 12.8 Å². The number of hydrogen-bond donors (Lipinski definition) is 4. The van der Waals surface area contributed by atoms with Crippen molar-refractivity contribution in [2.45, 2.75) is 56.6 Å². The molecule has 2 aliphatic rings. The van der Waals surface area contributed by atoms with Crippen LogP contribution in [0.4, 0.5) is 0 Å². The summed E-state index contributed by atoms with van der Waals surface area (Å²) < 4.78 is 10.9. The molecule has 2 rings (SSSR count). The predicted molar refractivity (Wildman–Crippen MR) is 71.2 cm³/mol. The number of carbonyl (C=O) groups is 1. The van der Waals surface area contributed by atoms with Crippen molar-refractivity contribution in [3.63, 3.8) is 0 Å². The second-order valence-electron chi connectivity index (χ2n) is 5.84. The lowest BCUT2D eigenvalue weighted by Gasteiger charge is -2.43. The molecule has 0 aromatic carbocycles. The Labute approximate surface area is 122 Å². The molecule has 1 saturated heterocycles. The average molecular weight is 302 g/mol. The highest BCUT2D eigenvalue weighted by Crippen LogP contribution is 2.35. The lowest BCUT2D eigenvalue weighted by molar-refractivity contribution is -0.313. The van der Waals surface area contributed by atoms with Crippen molar-refractivity contribution in [3.8, 4) is 0 Å². The van der Waals surface area contributed by atoms with Crippen molar-refractivity contribution in [3.05, 3.63) is 12.2 Å². The second-order valence-corrected chi connectivity index (χ2v) is 5.84. The zero-order valence-corrected chi connectivity index (χ0v) is 11.8. The first kappa shape index (κ1) is 16.5. The molecule has 0 radical (unpaired) electrons. The third kappa shape index (κ3) is 3.18. The van der Waals surface area contributed by atoms with Crippen molar-refractivity contribution in [2.24, 2.45) is 5.41 Å².